The highest BCUT2D eigenvalue weighted by molar-refractivity contribution is 5.40. The summed E-state index contributed by atoms with van der Waals surface area (Å²) in [6.45, 7) is 6.03. The van der Waals surface area contributed by atoms with Crippen molar-refractivity contribution in [1.82, 2.24) is 10.2 Å². The van der Waals surface area contributed by atoms with Gasteiger partial charge in [0.1, 0.15) is 0 Å². The van der Waals surface area contributed by atoms with E-state index in [-0.39, 0.29) is 0 Å². The quantitative estimate of drug-likeness (QED) is 0.776. The molecule has 0 aromatic heterocycles. The summed E-state index contributed by atoms with van der Waals surface area (Å²) in [5, 5.41) is 3.40. The Hall–Kier alpha value is -0.860. The van der Waals surface area contributed by atoms with Gasteiger partial charge in [-0.3, -0.25) is 0 Å². The van der Waals surface area contributed by atoms with Crippen LogP contribution in [-0.2, 0) is 6.42 Å². The lowest BCUT2D eigenvalue weighted by atomic mass is 9.77. The van der Waals surface area contributed by atoms with Gasteiger partial charge in [-0.15, -0.1) is 0 Å². The molecule has 0 amide bonds. The predicted octanol–water partition coefficient (Wildman–Crippen LogP) is 1.23. The first-order valence-corrected chi connectivity index (χ1v) is 5.94. The lowest BCUT2D eigenvalue weighted by Crippen LogP contribution is -2.46. The van der Waals surface area contributed by atoms with Crippen LogP contribution < -0.4 is 5.32 Å². The van der Waals surface area contributed by atoms with Gasteiger partial charge in [0, 0.05) is 38.6 Å². The number of hydrogen-bond acceptors (Lipinski definition) is 2. The third-order valence-electron chi connectivity index (χ3n) is 3.65. The summed E-state index contributed by atoms with van der Waals surface area (Å²) in [7, 11) is 0. The van der Waals surface area contributed by atoms with Crippen LogP contribution in [0, 0.1) is 0 Å². The fourth-order valence-corrected chi connectivity index (χ4v) is 2.73. The van der Waals surface area contributed by atoms with Gasteiger partial charge in [-0.2, -0.15) is 0 Å². The van der Waals surface area contributed by atoms with Gasteiger partial charge >= 0.3 is 0 Å². The summed E-state index contributed by atoms with van der Waals surface area (Å²) in [4.78, 5) is 2.59. The molecule has 2 nitrogen and oxygen atoms in total. The Balaban J connectivity index is 1.62. The molecular formula is C13H18N2. The monoisotopic (exact) mass is 202 g/mol. The maximum Gasteiger partial charge on any atom is 0.0108 e. The van der Waals surface area contributed by atoms with Crippen molar-refractivity contribution in [1.29, 1.82) is 0 Å². The average Bonchev–Trinajstić information content (AvgIpc) is 2.27. The van der Waals surface area contributed by atoms with Crippen LogP contribution in [0.5, 0.6) is 0 Å². The van der Waals surface area contributed by atoms with E-state index in [1.165, 1.54) is 26.1 Å². The second-order valence-corrected chi connectivity index (χ2v) is 4.65. The summed E-state index contributed by atoms with van der Waals surface area (Å²) in [5.74, 6) is 0.805. The van der Waals surface area contributed by atoms with E-state index >= 15 is 0 Å². The number of hydrogen-bond donors (Lipinski definition) is 1. The van der Waals surface area contributed by atoms with Crippen molar-refractivity contribution in [3.05, 3.63) is 35.4 Å². The van der Waals surface area contributed by atoms with E-state index < -0.39 is 0 Å². The zero-order chi connectivity index (χ0) is 10.1. The van der Waals surface area contributed by atoms with Crippen LogP contribution in [0.15, 0.2) is 24.3 Å². The molecule has 1 unspecified atom stereocenters. The summed E-state index contributed by atoms with van der Waals surface area (Å²) in [6.07, 6.45) is 1.29. The first kappa shape index (κ1) is 9.37. The van der Waals surface area contributed by atoms with Crippen LogP contribution in [0.25, 0.3) is 0 Å². The van der Waals surface area contributed by atoms with Crippen molar-refractivity contribution in [2.24, 2.45) is 0 Å². The third-order valence-corrected chi connectivity index (χ3v) is 3.65. The molecule has 2 heteroatoms. The molecule has 0 spiro atoms. The topological polar surface area (TPSA) is 15.3 Å². The first-order valence-electron chi connectivity index (χ1n) is 5.94. The summed E-state index contributed by atoms with van der Waals surface area (Å²) < 4.78 is 0. The molecule has 0 bridgehead atoms. The Bertz CT molecular complexity index is 342. The van der Waals surface area contributed by atoms with Crippen LogP contribution in [0.4, 0.5) is 0 Å². The average molecular weight is 202 g/mol. The van der Waals surface area contributed by atoms with E-state index in [0.29, 0.717) is 0 Å². The number of nitrogens with zero attached hydrogens (tertiary/aromatic N) is 1. The summed E-state index contributed by atoms with van der Waals surface area (Å²) in [6, 6.07) is 8.89. The lowest BCUT2D eigenvalue weighted by molar-refractivity contribution is 0.220. The molecule has 1 heterocycles. The molecule has 3 rings (SSSR count). The molecule has 1 aliphatic carbocycles. The molecule has 1 aliphatic heterocycles. The fourth-order valence-electron chi connectivity index (χ4n) is 2.73. The van der Waals surface area contributed by atoms with Gasteiger partial charge in [-0.1, -0.05) is 24.3 Å². The SMILES string of the molecule is c1ccc2c(c1)CC2CN1CCNCC1. The van der Waals surface area contributed by atoms with E-state index in [1.807, 2.05) is 0 Å². The second-order valence-electron chi connectivity index (χ2n) is 4.65. The van der Waals surface area contributed by atoms with E-state index in [9.17, 15) is 0 Å². The maximum absolute atomic E-state index is 3.40. The predicted molar refractivity (Wildman–Crippen MR) is 62.2 cm³/mol. The molecule has 0 radical (unpaired) electrons. The molecule has 1 N–H and O–H groups in total. The molecule has 15 heavy (non-hydrogen) atoms. The number of fused-ring (bicyclic) bond motifs is 1. The Morgan fingerprint density at radius 3 is 2.80 bits per heavy atom. The molecule has 80 valence electrons. The molecule has 1 atom stereocenters. The highest BCUT2D eigenvalue weighted by atomic mass is 15.2. The van der Waals surface area contributed by atoms with Gasteiger partial charge in [-0.05, 0) is 17.5 Å². The maximum atomic E-state index is 3.40. The van der Waals surface area contributed by atoms with Gasteiger partial charge < -0.3 is 10.2 Å². The molecule has 0 saturated carbocycles. The van der Waals surface area contributed by atoms with Crippen LogP contribution in [0.1, 0.15) is 17.0 Å². The highest BCUT2D eigenvalue weighted by Gasteiger charge is 2.27. The third kappa shape index (κ3) is 1.80. The van der Waals surface area contributed by atoms with Gasteiger partial charge in [-0.25, -0.2) is 0 Å². The highest BCUT2D eigenvalue weighted by Crippen LogP contribution is 2.35. The van der Waals surface area contributed by atoms with Gasteiger partial charge in [0.25, 0.3) is 0 Å². The first-order chi connectivity index (χ1) is 7.43. The zero-order valence-corrected chi connectivity index (χ0v) is 9.08. The van der Waals surface area contributed by atoms with Crippen LogP contribution in [0.2, 0.25) is 0 Å². The summed E-state index contributed by atoms with van der Waals surface area (Å²) >= 11 is 0. The Morgan fingerprint density at radius 2 is 2.00 bits per heavy atom. The fraction of sp³-hybridized carbons (Fsp3) is 0.538. The normalized spacial score (nSPS) is 25.7. The number of benzene rings is 1. The number of piperazine rings is 1. The van der Waals surface area contributed by atoms with E-state index in [2.05, 4.69) is 34.5 Å². The minimum atomic E-state index is 0.805. The van der Waals surface area contributed by atoms with Crippen molar-refractivity contribution in [3.8, 4) is 0 Å². The van der Waals surface area contributed by atoms with Crippen LogP contribution >= 0.6 is 0 Å². The number of rotatable bonds is 2. The van der Waals surface area contributed by atoms with Crippen LogP contribution in [0.3, 0.4) is 0 Å². The van der Waals surface area contributed by atoms with Crippen molar-refractivity contribution < 1.29 is 0 Å². The molecule has 1 fully saturated rings. The zero-order valence-electron chi connectivity index (χ0n) is 9.08. The number of nitrogens with one attached hydrogen (secondary N) is 1. The van der Waals surface area contributed by atoms with Crippen molar-refractivity contribution >= 4 is 0 Å². The van der Waals surface area contributed by atoms with Gasteiger partial charge in [0.05, 0.1) is 0 Å². The molecule has 1 saturated heterocycles. The van der Waals surface area contributed by atoms with E-state index in [4.69, 9.17) is 0 Å². The van der Waals surface area contributed by atoms with Crippen molar-refractivity contribution in [2.45, 2.75) is 12.3 Å². The van der Waals surface area contributed by atoms with Gasteiger partial charge in [0.15, 0.2) is 0 Å². The molecule has 1 aromatic rings. The van der Waals surface area contributed by atoms with Crippen molar-refractivity contribution in [3.63, 3.8) is 0 Å². The van der Waals surface area contributed by atoms with Crippen molar-refractivity contribution in [2.75, 3.05) is 32.7 Å². The minimum absolute atomic E-state index is 0.805. The standard InChI is InChI=1S/C13H18N2/c1-2-4-13-11(3-1)9-12(13)10-15-7-5-14-6-8-15/h1-4,12,14H,5-10H2. The largest absolute Gasteiger partial charge is 0.314 e. The lowest BCUT2D eigenvalue weighted by Gasteiger charge is -2.36. The van der Waals surface area contributed by atoms with E-state index in [0.717, 1.165) is 19.0 Å². The van der Waals surface area contributed by atoms with E-state index in [1.54, 1.807) is 11.1 Å². The van der Waals surface area contributed by atoms with Crippen LogP contribution in [-0.4, -0.2) is 37.6 Å². The molecular weight excluding hydrogens is 184 g/mol. The van der Waals surface area contributed by atoms with Gasteiger partial charge in [0.2, 0.25) is 0 Å². The minimum Gasteiger partial charge on any atom is -0.314 e. The molecule has 1 aromatic carbocycles. The molecule has 2 aliphatic rings. The smallest absolute Gasteiger partial charge is 0.0108 e. The Labute approximate surface area is 91.3 Å². The second kappa shape index (κ2) is 3.95. The summed E-state index contributed by atoms with van der Waals surface area (Å²) in [5.41, 5.74) is 3.16. The Morgan fingerprint density at radius 1 is 1.20 bits per heavy atom. The Kier molecular flexibility index (Phi) is 2.47.